The third-order valence-electron chi connectivity index (χ3n) is 4.70. The first-order chi connectivity index (χ1) is 13.0. The van der Waals surface area contributed by atoms with Crippen LogP contribution in [0.3, 0.4) is 0 Å². The first kappa shape index (κ1) is 18.8. The summed E-state index contributed by atoms with van der Waals surface area (Å²) in [7, 11) is 0. The average molecular weight is 367 g/mol. The van der Waals surface area contributed by atoms with Gasteiger partial charge >= 0.3 is 0 Å². The molecule has 1 fully saturated rings. The Kier molecular flexibility index (Phi) is 5.69. The van der Waals surface area contributed by atoms with Gasteiger partial charge in [0, 0.05) is 44.5 Å². The molecule has 1 aliphatic rings. The Morgan fingerprint density at radius 3 is 2.52 bits per heavy atom. The first-order valence-electron chi connectivity index (χ1n) is 9.20. The Bertz CT molecular complexity index is 831. The lowest BCUT2D eigenvalue weighted by molar-refractivity contribution is -0.119. The van der Waals surface area contributed by atoms with E-state index < -0.39 is 0 Å². The lowest BCUT2D eigenvalue weighted by Crippen LogP contribution is -2.48. The summed E-state index contributed by atoms with van der Waals surface area (Å²) in [6, 6.07) is 9.96. The van der Waals surface area contributed by atoms with E-state index >= 15 is 0 Å². The summed E-state index contributed by atoms with van der Waals surface area (Å²) in [5.74, 6) is 1.16. The number of amides is 2. The monoisotopic (exact) mass is 367 g/mol. The summed E-state index contributed by atoms with van der Waals surface area (Å²) < 4.78 is 0. The third-order valence-corrected chi connectivity index (χ3v) is 4.70. The molecule has 0 unspecified atom stereocenters. The van der Waals surface area contributed by atoms with Gasteiger partial charge in [-0.05, 0) is 38.5 Å². The zero-order valence-electron chi connectivity index (χ0n) is 16.1. The van der Waals surface area contributed by atoms with Crippen molar-refractivity contribution in [2.75, 3.05) is 37.6 Å². The van der Waals surface area contributed by atoms with Crippen molar-refractivity contribution < 1.29 is 9.59 Å². The summed E-state index contributed by atoms with van der Waals surface area (Å²) in [5.41, 5.74) is 2.60. The molecule has 2 heterocycles. The Hall–Kier alpha value is -2.96. The Balaban J connectivity index is 1.87. The van der Waals surface area contributed by atoms with Crippen LogP contribution in [0.1, 0.15) is 28.8 Å². The van der Waals surface area contributed by atoms with Crippen molar-refractivity contribution in [3.8, 4) is 0 Å². The van der Waals surface area contributed by atoms with E-state index in [0.29, 0.717) is 43.5 Å². The fourth-order valence-electron chi connectivity index (χ4n) is 3.26. The molecule has 2 amide bonds. The zero-order chi connectivity index (χ0) is 19.4. The summed E-state index contributed by atoms with van der Waals surface area (Å²) in [6.45, 7) is 8.78. The number of piperazine rings is 1. The number of benzene rings is 1. The number of carbonyl (C=O) groups is 2. The minimum atomic E-state index is -0.118. The van der Waals surface area contributed by atoms with Crippen LogP contribution in [0.5, 0.6) is 0 Å². The number of aryl methyl sites for hydroxylation is 2. The molecule has 1 aromatic heterocycles. The average Bonchev–Trinajstić information content (AvgIpc) is 2.68. The molecule has 0 aliphatic carbocycles. The van der Waals surface area contributed by atoms with Gasteiger partial charge in [-0.15, -0.1) is 0 Å². The van der Waals surface area contributed by atoms with Gasteiger partial charge in [0.1, 0.15) is 17.3 Å². The second-order valence-corrected chi connectivity index (χ2v) is 6.68. The molecule has 0 saturated carbocycles. The Morgan fingerprint density at radius 2 is 1.89 bits per heavy atom. The lowest BCUT2D eigenvalue weighted by atomic mass is 10.2. The van der Waals surface area contributed by atoms with Crippen molar-refractivity contribution in [2.24, 2.45) is 0 Å². The van der Waals surface area contributed by atoms with E-state index in [1.807, 2.05) is 12.1 Å². The summed E-state index contributed by atoms with van der Waals surface area (Å²) in [5, 5.41) is 0. The van der Waals surface area contributed by atoms with Gasteiger partial charge in [-0.3, -0.25) is 9.59 Å². The van der Waals surface area contributed by atoms with E-state index in [1.165, 1.54) is 5.56 Å². The molecule has 3 rings (SSSR count). The van der Waals surface area contributed by atoms with Crippen molar-refractivity contribution in [1.82, 2.24) is 19.8 Å². The Morgan fingerprint density at radius 1 is 1.15 bits per heavy atom. The molecule has 27 heavy (non-hydrogen) atoms. The molecule has 1 aliphatic heterocycles. The van der Waals surface area contributed by atoms with E-state index in [2.05, 4.69) is 40.8 Å². The van der Waals surface area contributed by atoms with Gasteiger partial charge in [0.25, 0.3) is 5.91 Å². The highest BCUT2D eigenvalue weighted by molar-refractivity contribution is 5.93. The molecule has 1 saturated heterocycles. The van der Waals surface area contributed by atoms with Gasteiger partial charge in [-0.25, -0.2) is 9.97 Å². The predicted octanol–water partition coefficient (Wildman–Crippen LogP) is 2.17. The summed E-state index contributed by atoms with van der Waals surface area (Å²) in [6.07, 6.45) is 0.829. The van der Waals surface area contributed by atoms with Crippen molar-refractivity contribution in [3.05, 3.63) is 47.4 Å². The van der Waals surface area contributed by atoms with Crippen LogP contribution in [0.4, 0.5) is 11.5 Å². The molecule has 0 atom stereocenters. The topological polar surface area (TPSA) is 69.6 Å². The van der Waals surface area contributed by atoms with Crippen LogP contribution in [0.25, 0.3) is 0 Å². The van der Waals surface area contributed by atoms with Crippen LogP contribution in [0.2, 0.25) is 0 Å². The van der Waals surface area contributed by atoms with E-state index in [9.17, 15) is 9.59 Å². The fourth-order valence-corrected chi connectivity index (χ4v) is 3.26. The quantitative estimate of drug-likeness (QED) is 0.758. The molecule has 7 heteroatoms. The van der Waals surface area contributed by atoms with Gasteiger partial charge in [0.2, 0.25) is 6.41 Å². The number of carbonyl (C=O) groups excluding carboxylic acids is 2. The fraction of sp³-hybridized carbons (Fsp3) is 0.400. The summed E-state index contributed by atoms with van der Waals surface area (Å²) >= 11 is 0. The smallest absolute Gasteiger partial charge is 0.272 e. The van der Waals surface area contributed by atoms with Gasteiger partial charge < -0.3 is 14.7 Å². The number of hydrogen-bond donors (Lipinski definition) is 0. The summed E-state index contributed by atoms with van der Waals surface area (Å²) in [4.78, 5) is 38.2. The normalized spacial score (nSPS) is 14.2. The van der Waals surface area contributed by atoms with Gasteiger partial charge in [0.15, 0.2) is 0 Å². The van der Waals surface area contributed by atoms with Crippen molar-refractivity contribution in [3.63, 3.8) is 0 Å². The number of rotatable bonds is 5. The number of hydrogen-bond acceptors (Lipinski definition) is 5. The van der Waals surface area contributed by atoms with Crippen LogP contribution < -0.4 is 4.90 Å². The first-order valence-corrected chi connectivity index (χ1v) is 9.20. The van der Waals surface area contributed by atoms with E-state index in [4.69, 9.17) is 0 Å². The van der Waals surface area contributed by atoms with Gasteiger partial charge in [-0.2, -0.15) is 0 Å². The molecule has 1 aromatic carbocycles. The van der Waals surface area contributed by atoms with Crippen LogP contribution >= 0.6 is 0 Å². The Labute approximate surface area is 159 Å². The van der Waals surface area contributed by atoms with Crippen LogP contribution in [0, 0.1) is 13.8 Å². The van der Waals surface area contributed by atoms with Crippen LogP contribution in [0.15, 0.2) is 30.3 Å². The molecule has 0 bridgehead atoms. The zero-order valence-corrected chi connectivity index (χ0v) is 16.1. The highest BCUT2D eigenvalue weighted by Crippen LogP contribution is 2.25. The number of anilines is 2. The second-order valence-electron chi connectivity index (χ2n) is 6.68. The molecule has 7 nitrogen and oxygen atoms in total. The van der Waals surface area contributed by atoms with E-state index in [1.54, 1.807) is 22.8 Å². The maximum Gasteiger partial charge on any atom is 0.272 e. The maximum atomic E-state index is 12.9. The molecule has 0 N–H and O–H groups in total. The second kappa shape index (κ2) is 8.16. The molecular weight excluding hydrogens is 342 g/mol. The van der Waals surface area contributed by atoms with Crippen LogP contribution in [-0.4, -0.2) is 64.8 Å². The van der Waals surface area contributed by atoms with Gasteiger partial charge in [-0.1, -0.05) is 12.1 Å². The van der Waals surface area contributed by atoms with Gasteiger partial charge in [0.05, 0.1) is 0 Å². The van der Waals surface area contributed by atoms with Crippen molar-refractivity contribution >= 4 is 23.8 Å². The SMILES string of the molecule is CCN(c1cccc(C)c1)c1cc(C(=O)N2CCN(C=O)CC2)nc(C)n1. The molecule has 0 radical (unpaired) electrons. The molecule has 0 spiro atoms. The van der Waals surface area contributed by atoms with E-state index in [-0.39, 0.29) is 5.91 Å². The predicted molar refractivity (Wildman–Crippen MR) is 104 cm³/mol. The third kappa shape index (κ3) is 4.24. The maximum absolute atomic E-state index is 12.9. The highest BCUT2D eigenvalue weighted by atomic mass is 16.2. The number of aromatic nitrogens is 2. The number of nitrogens with zero attached hydrogens (tertiary/aromatic N) is 5. The van der Waals surface area contributed by atoms with E-state index in [0.717, 1.165) is 18.6 Å². The molecule has 2 aromatic rings. The molecular formula is C20H25N5O2. The van der Waals surface area contributed by atoms with Crippen molar-refractivity contribution in [1.29, 1.82) is 0 Å². The highest BCUT2D eigenvalue weighted by Gasteiger charge is 2.24. The van der Waals surface area contributed by atoms with Crippen molar-refractivity contribution in [2.45, 2.75) is 20.8 Å². The lowest BCUT2D eigenvalue weighted by Gasteiger charge is -2.32. The van der Waals surface area contributed by atoms with Crippen LogP contribution in [-0.2, 0) is 4.79 Å². The minimum absolute atomic E-state index is 0.118. The largest absolute Gasteiger partial charge is 0.342 e. The minimum Gasteiger partial charge on any atom is -0.342 e. The standard InChI is InChI=1S/C20H25N5O2/c1-4-25(17-7-5-6-15(2)12-17)19-13-18(21-16(3)22-19)20(27)24-10-8-23(14-26)9-11-24/h5-7,12-14H,4,8-11H2,1-3H3. The molecule has 142 valence electrons.